The molecule has 0 saturated carbocycles. The minimum atomic E-state index is -0.221. The molecule has 2 heterocycles. The van der Waals surface area contributed by atoms with Gasteiger partial charge < -0.3 is 14.3 Å². The van der Waals surface area contributed by atoms with Gasteiger partial charge in [-0.25, -0.2) is 4.98 Å². The van der Waals surface area contributed by atoms with Crippen LogP contribution in [0, 0.1) is 11.3 Å². The Bertz CT molecular complexity index is 651. The number of fused-ring (bicyclic) bond motifs is 1. The summed E-state index contributed by atoms with van der Waals surface area (Å²) in [6.07, 6.45) is 4.78. The number of nitrogens with zero attached hydrogens (tertiary/aromatic N) is 3. The van der Waals surface area contributed by atoms with Crippen molar-refractivity contribution < 1.29 is 4.74 Å². The average molecular weight is 260 g/mol. The van der Waals surface area contributed by atoms with E-state index in [4.69, 9.17) is 10.00 Å². The zero-order valence-corrected chi connectivity index (χ0v) is 10.8. The van der Waals surface area contributed by atoms with E-state index in [0.29, 0.717) is 29.7 Å². The van der Waals surface area contributed by atoms with Gasteiger partial charge in [0.2, 0.25) is 0 Å². The molecule has 0 radical (unpaired) electrons. The van der Waals surface area contributed by atoms with E-state index in [2.05, 4.69) is 23.0 Å². The summed E-state index contributed by atoms with van der Waals surface area (Å²) in [5.41, 5.74) is 1.12. The van der Waals surface area contributed by atoms with Crippen LogP contribution in [0.1, 0.15) is 25.3 Å². The van der Waals surface area contributed by atoms with Gasteiger partial charge in [0.25, 0.3) is 5.56 Å². The SMILES string of the molecule is CCCOCCCn1cc(C#N)c2nc[nH]c(=O)c21. The number of ether oxygens (including phenoxy) is 1. The number of aryl methyl sites for hydroxylation is 1. The molecule has 19 heavy (non-hydrogen) atoms. The highest BCUT2D eigenvalue weighted by molar-refractivity contribution is 5.81. The van der Waals surface area contributed by atoms with Crippen molar-refractivity contribution >= 4 is 11.0 Å². The van der Waals surface area contributed by atoms with Gasteiger partial charge >= 0.3 is 0 Å². The van der Waals surface area contributed by atoms with Crippen molar-refractivity contribution in [1.29, 1.82) is 5.26 Å². The van der Waals surface area contributed by atoms with E-state index in [1.807, 2.05) is 0 Å². The molecule has 2 aromatic rings. The molecule has 0 bridgehead atoms. The predicted octanol–water partition coefficient (Wildman–Crippen LogP) is 1.41. The zero-order valence-electron chi connectivity index (χ0n) is 10.8. The fourth-order valence-corrected chi connectivity index (χ4v) is 1.98. The second-order valence-electron chi connectivity index (χ2n) is 4.24. The lowest BCUT2D eigenvalue weighted by Gasteiger charge is -2.04. The van der Waals surface area contributed by atoms with Gasteiger partial charge in [-0.05, 0) is 12.8 Å². The van der Waals surface area contributed by atoms with Crippen molar-refractivity contribution in [2.24, 2.45) is 0 Å². The minimum Gasteiger partial charge on any atom is -0.381 e. The van der Waals surface area contributed by atoms with Crippen LogP contribution in [0.3, 0.4) is 0 Å². The van der Waals surface area contributed by atoms with Crippen molar-refractivity contribution in [3.8, 4) is 6.07 Å². The molecule has 0 atom stereocenters. The maximum absolute atomic E-state index is 11.8. The Balaban J connectivity index is 2.19. The molecule has 0 unspecified atom stereocenters. The summed E-state index contributed by atoms with van der Waals surface area (Å²) >= 11 is 0. The van der Waals surface area contributed by atoms with Gasteiger partial charge in [0.15, 0.2) is 0 Å². The standard InChI is InChI=1S/C13H16N4O2/c1-2-5-19-6-3-4-17-8-10(7-14)11-12(17)13(18)16-9-15-11/h8-9H,2-6H2,1H3,(H,15,16,18). The Labute approximate surface area is 110 Å². The first-order chi connectivity index (χ1) is 9.27. The number of aromatic nitrogens is 3. The number of hydrogen-bond acceptors (Lipinski definition) is 4. The van der Waals surface area contributed by atoms with Crippen molar-refractivity contribution in [1.82, 2.24) is 14.5 Å². The molecule has 0 amide bonds. The largest absolute Gasteiger partial charge is 0.381 e. The van der Waals surface area contributed by atoms with Gasteiger partial charge in [0.1, 0.15) is 17.1 Å². The maximum atomic E-state index is 11.8. The molecule has 0 fully saturated rings. The number of H-pyrrole nitrogens is 1. The minimum absolute atomic E-state index is 0.221. The van der Waals surface area contributed by atoms with Crippen molar-refractivity contribution in [3.63, 3.8) is 0 Å². The number of aromatic amines is 1. The van der Waals surface area contributed by atoms with Gasteiger partial charge in [0.05, 0.1) is 11.9 Å². The fraction of sp³-hybridized carbons (Fsp3) is 0.462. The Morgan fingerprint density at radius 2 is 2.37 bits per heavy atom. The summed E-state index contributed by atoms with van der Waals surface area (Å²) in [4.78, 5) is 18.4. The Morgan fingerprint density at radius 1 is 1.53 bits per heavy atom. The van der Waals surface area contributed by atoms with Crippen LogP contribution in [0.5, 0.6) is 0 Å². The molecule has 0 aliphatic heterocycles. The highest BCUT2D eigenvalue weighted by Crippen LogP contribution is 2.14. The Hall–Kier alpha value is -2.13. The van der Waals surface area contributed by atoms with Crippen molar-refractivity contribution in [2.75, 3.05) is 13.2 Å². The first-order valence-electron chi connectivity index (χ1n) is 6.32. The third kappa shape index (κ3) is 2.83. The monoisotopic (exact) mass is 260 g/mol. The molecule has 1 N–H and O–H groups in total. The normalized spacial score (nSPS) is 10.7. The molecule has 0 aliphatic carbocycles. The highest BCUT2D eigenvalue weighted by atomic mass is 16.5. The van der Waals surface area contributed by atoms with Crippen LogP contribution in [0.15, 0.2) is 17.3 Å². The summed E-state index contributed by atoms with van der Waals surface area (Å²) in [5, 5.41) is 9.04. The van der Waals surface area contributed by atoms with Gasteiger partial charge in [-0.1, -0.05) is 6.92 Å². The fourth-order valence-electron chi connectivity index (χ4n) is 1.98. The highest BCUT2D eigenvalue weighted by Gasteiger charge is 2.12. The van der Waals surface area contributed by atoms with E-state index in [1.165, 1.54) is 6.33 Å². The topological polar surface area (TPSA) is 83.7 Å². The molecule has 2 rings (SSSR count). The van der Waals surface area contributed by atoms with E-state index < -0.39 is 0 Å². The zero-order chi connectivity index (χ0) is 13.7. The first-order valence-corrected chi connectivity index (χ1v) is 6.32. The second-order valence-corrected chi connectivity index (χ2v) is 4.24. The van der Waals surface area contributed by atoms with Crippen LogP contribution >= 0.6 is 0 Å². The third-order valence-electron chi connectivity index (χ3n) is 2.81. The smallest absolute Gasteiger partial charge is 0.275 e. The van der Waals surface area contributed by atoms with Crippen LogP contribution in [0.25, 0.3) is 11.0 Å². The summed E-state index contributed by atoms with van der Waals surface area (Å²) in [6, 6.07) is 2.06. The lowest BCUT2D eigenvalue weighted by Crippen LogP contribution is -2.12. The molecule has 0 aromatic carbocycles. The van der Waals surface area contributed by atoms with E-state index >= 15 is 0 Å². The quantitative estimate of drug-likeness (QED) is 0.796. The van der Waals surface area contributed by atoms with Crippen LogP contribution in [0.4, 0.5) is 0 Å². The molecular formula is C13H16N4O2. The van der Waals surface area contributed by atoms with Crippen LogP contribution in [-0.4, -0.2) is 27.7 Å². The van der Waals surface area contributed by atoms with Gasteiger partial charge in [-0.2, -0.15) is 5.26 Å². The molecule has 100 valence electrons. The van der Waals surface area contributed by atoms with E-state index in [1.54, 1.807) is 10.8 Å². The van der Waals surface area contributed by atoms with E-state index in [-0.39, 0.29) is 5.56 Å². The van der Waals surface area contributed by atoms with Gasteiger partial charge in [0, 0.05) is 26.0 Å². The predicted molar refractivity (Wildman–Crippen MR) is 70.8 cm³/mol. The molecular weight excluding hydrogens is 244 g/mol. The lowest BCUT2D eigenvalue weighted by molar-refractivity contribution is 0.129. The number of nitrogens with one attached hydrogen (secondary N) is 1. The van der Waals surface area contributed by atoms with Crippen molar-refractivity contribution in [3.05, 3.63) is 28.4 Å². The molecule has 0 aliphatic rings. The number of hydrogen-bond donors (Lipinski definition) is 1. The first kappa shape index (κ1) is 13.3. The number of nitriles is 1. The Kier molecular flexibility index (Phi) is 4.31. The summed E-state index contributed by atoms with van der Waals surface area (Å²) in [5.74, 6) is 0. The molecule has 0 spiro atoms. The molecule has 6 nitrogen and oxygen atoms in total. The summed E-state index contributed by atoms with van der Waals surface area (Å²) in [6.45, 7) is 4.09. The average Bonchev–Trinajstić information content (AvgIpc) is 2.78. The lowest BCUT2D eigenvalue weighted by atomic mass is 10.3. The summed E-state index contributed by atoms with van der Waals surface area (Å²) in [7, 11) is 0. The molecule has 2 aromatic heterocycles. The molecule has 0 saturated heterocycles. The molecule has 6 heteroatoms. The van der Waals surface area contributed by atoms with Crippen LogP contribution in [-0.2, 0) is 11.3 Å². The van der Waals surface area contributed by atoms with Crippen LogP contribution in [0.2, 0.25) is 0 Å². The van der Waals surface area contributed by atoms with Gasteiger partial charge in [-0.3, -0.25) is 4.79 Å². The van der Waals surface area contributed by atoms with Gasteiger partial charge in [-0.15, -0.1) is 0 Å². The maximum Gasteiger partial charge on any atom is 0.275 e. The second kappa shape index (κ2) is 6.16. The van der Waals surface area contributed by atoms with Crippen LogP contribution < -0.4 is 5.56 Å². The number of rotatable bonds is 6. The third-order valence-corrected chi connectivity index (χ3v) is 2.81. The Morgan fingerprint density at radius 3 is 3.11 bits per heavy atom. The van der Waals surface area contributed by atoms with E-state index in [0.717, 1.165) is 19.4 Å². The van der Waals surface area contributed by atoms with Crippen molar-refractivity contribution in [2.45, 2.75) is 26.3 Å². The van der Waals surface area contributed by atoms with E-state index in [9.17, 15) is 4.79 Å². The summed E-state index contributed by atoms with van der Waals surface area (Å²) < 4.78 is 7.17.